The summed E-state index contributed by atoms with van der Waals surface area (Å²) in [7, 11) is 0. The van der Waals surface area contributed by atoms with E-state index in [2.05, 4.69) is 31.0 Å². The second-order valence-corrected chi connectivity index (χ2v) is 5.69. The highest BCUT2D eigenvalue weighted by Crippen LogP contribution is 2.31. The van der Waals surface area contributed by atoms with E-state index in [9.17, 15) is 0 Å². The molecule has 1 aliphatic heterocycles. The third-order valence-electron chi connectivity index (χ3n) is 4.34. The van der Waals surface area contributed by atoms with Crippen LogP contribution in [0.25, 0.3) is 0 Å². The Kier molecular flexibility index (Phi) is 4.83. The molecule has 100 valence electrons. The summed E-state index contributed by atoms with van der Waals surface area (Å²) < 4.78 is 5.88. The molecule has 1 aliphatic carbocycles. The summed E-state index contributed by atoms with van der Waals surface area (Å²) in [5, 5.41) is 3.52. The molecule has 17 heavy (non-hydrogen) atoms. The standard InChI is InChI=1S/C14H28N2O/c1-4-15-11(2)10-12(3)16-8-9-17-14-7-5-6-13(14)16/h11-15H,4-10H2,1-3H3. The molecule has 3 nitrogen and oxygen atoms in total. The zero-order valence-electron chi connectivity index (χ0n) is 11.6. The Morgan fingerprint density at radius 2 is 2.18 bits per heavy atom. The highest BCUT2D eigenvalue weighted by molar-refractivity contribution is 4.92. The van der Waals surface area contributed by atoms with Crippen molar-refractivity contribution < 1.29 is 4.74 Å². The molecule has 1 N–H and O–H groups in total. The van der Waals surface area contributed by atoms with Crippen LogP contribution >= 0.6 is 0 Å². The van der Waals surface area contributed by atoms with E-state index in [1.54, 1.807) is 0 Å². The van der Waals surface area contributed by atoms with Gasteiger partial charge in [0.15, 0.2) is 0 Å². The summed E-state index contributed by atoms with van der Waals surface area (Å²) in [5.41, 5.74) is 0. The molecule has 2 fully saturated rings. The van der Waals surface area contributed by atoms with Gasteiger partial charge in [0, 0.05) is 24.7 Å². The number of nitrogens with one attached hydrogen (secondary N) is 1. The van der Waals surface area contributed by atoms with Crippen molar-refractivity contribution >= 4 is 0 Å². The third-order valence-corrected chi connectivity index (χ3v) is 4.34. The Bertz CT molecular complexity index is 234. The predicted molar refractivity (Wildman–Crippen MR) is 71.3 cm³/mol. The first-order chi connectivity index (χ1) is 8.22. The van der Waals surface area contributed by atoms with Gasteiger partial charge in [-0.05, 0) is 46.1 Å². The zero-order valence-corrected chi connectivity index (χ0v) is 11.6. The van der Waals surface area contributed by atoms with Gasteiger partial charge in [-0.1, -0.05) is 6.92 Å². The number of morpholine rings is 1. The van der Waals surface area contributed by atoms with E-state index in [0.717, 1.165) is 19.7 Å². The molecular weight excluding hydrogens is 212 g/mol. The first-order valence-electron chi connectivity index (χ1n) is 7.33. The molecular formula is C14H28N2O. The van der Waals surface area contributed by atoms with Gasteiger partial charge >= 0.3 is 0 Å². The third kappa shape index (κ3) is 3.21. The fraction of sp³-hybridized carbons (Fsp3) is 1.00. The van der Waals surface area contributed by atoms with Gasteiger partial charge in [-0.2, -0.15) is 0 Å². The summed E-state index contributed by atoms with van der Waals surface area (Å²) in [6.45, 7) is 10.00. The van der Waals surface area contributed by atoms with Gasteiger partial charge < -0.3 is 10.1 Å². The lowest BCUT2D eigenvalue weighted by molar-refractivity contribution is -0.0710. The van der Waals surface area contributed by atoms with Gasteiger partial charge in [-0.15, -0.1) is 0 Å². The van der Waals surface area contributed by atoms with E-state index in [1.165, 1.54) is 25.7 Å². The minimum Gasteiger partial charge on any atom is -0.375 e. The quantitative estimate of drug-likeness (QED) is 0.795. The van der Waals surface area contributed by atoms with E-state index in [-0.39, 0.29) is 0 Å². The van der Waals surface area contributed by atoms with Gasteiger partial charge in [-0.3, -0.25) is 4.90 Å². The van der Waals surface area contributed by atoms with Gasteiger partial charge in [0.2, 0.25) is 0 Å². The second kappa shape index (κ2) is 6.17. The van der Waals surface area contributed by atoms with E-state index < -0.39 is 0 Å². The van der Waals surface area contributed by atoms with Crippen LogP contribution < -0.4 is 5.32 Å². The maximum Gasteiger partial charge on any atom is 0.0731 e. The molecule has 0 aromatic rings. The molecule has 0 bridgehead atoms. The average molecular weight is 240 g/mol. The number of fused-ring (bicyclic) bond motifs is 1. The lowest BCUT2D eigenvalue weighted by Gasteiger charge is -2.42. The average Bonchev–Trinajstić information content (AvgIpc) is 2.76. The minimum atomic E-state index is 0.528. The van der Waals surface area contributed by atoms with Crippen molar-refractivity contribution in [3.63, 3.8) is 0 Å². The molecule has 1 saturated carbocycles. The van der Waals surface area contributed by atoms with Crippen LogP contribution in [0.2, 0.25) is 0 Å². The Morgan fingerprint density at radius 3 is 2.94 bits per heavy atom. The number of hydrogen-bond donors (Lipinski definition) is 1. The lowest BCUT2D eigenvalue weighted by atomic mass is 10.0. The second-order valence-electron chi connectivity index (χ2n) is 5.69. The maximum atomic E-state index is 5.88. The minimum absolute atomic E-state index is 0.528. The van der Waals surface area contributed by atoms with Crippen LogP contribution in [0.1, 0.15) is 46.5 Å². The molecule has 0 aromatic heterocycles. The molecule has 0 aromatic carbocycles. The molecule has 4 unspecified atom stereocenters. The van der Waals surface area contributed by atoms with Crippen LogP contribution in [0.4, 0.5) is 0 Å². The smallest absolute Gasteiger partial charge is 0.0731 e. The topological polar surface area (TPSA) is 24.5 Å². The van der Waals surface area contributed by atoms with E-state index in [0.29, 0.717) is 24.2 Å². The fourth-order valence-electron chi connectivity index (χ4n) is 3.58. The van der Waals surface area contributed by atoms with E-state index in [1.807, 2.05) is 0 Å². The highest BCUT2D eigenvalue weighted by atomic mass is 16.5. The van der Waals surface area contributed by atoms with Crippen molar-refractivity contribution in [3.8, 4) is 0 Å². The van der Waals surface area contributed by atoms with Crippen molar-refractivity contribution in [2.75, 3.05) is 19.7 Å². The van der Waals surface area contributed by atoms with Gasteiger partial charge in [0.25, 0.3) is 0 Å². The largest absolute Gasteiger partial charge is 0.375 e. The first kappa shape index (κ1) is 13.3. The van der Waals surface area contributed by atoms with Crippen LogP contribution in [0.3, 0.4) is 0 Å². The molecule has 3 heteroatoms. The Morgan fingerprint density at radius 1 is 1.35 bits per heavy atom. The predicted octanol–water partition coefficient (Wildman–Crippen LogP) is 2.02. The SMILES string of the molecule is CCNC(C)CC(C)N1CCOC2CCCC21. The van der Waals surface area contributed by atoms with E-state index >= 15 is 0 Å². The summed E-state index contributed by atoms with van der Waals surface area (Å²) in [4.78, 5) is 2.70. The van der Waals surface area contributed by atoms with Crippen LogP contribution in [-0.4, -0.2) is 48.8 Å². The molecule has 1 saturated heterocycles. The van der Waals surface area contributed by atoms with Crippen LogP contribution in [0.5, 0.6) is 0 Å². The van der Waals surface area contributed by atoms with Crippen molar-refractivity contribution in [1.82, 2.24) is 10.2 Å². The number of hydrogen-bond acceptors (Lipinski definition) is 3. The molecule has 2 aliphatic rings. The molecule has 0 radical (unpaired) electrons. The van der Waals surface area contributed by atoms with Crippen molar-refractivity contribution in [1.29, 1.82) is 0 Å². The maximum absolute atomic E-state index is 5.88. The Balaban J connectivity index is 1.87. The van der Waals surface area contributed by atoms with Gasteiger partial charge in [-0.25, -0.2) is 0 Å². The van der Waals surface area contributed by atoms with Gasteiger partial charge in [0.1, 0.15) is 0 Å². The van der Waals surface area contributed by atoms with Crippen LogP contribution in [0, 0.1) is 0 Å². The Hall–Kier alpha value is -0.120. The number of nitrogens with zero attached hydrogens (tertiary/aromatic N) is 1. The summed E-state index contributed by atoms with van der Waals surface area (Å²) in [5.74, 6) is 0. The summed E-state index contributed by atoms with van der Waals surface area (Å²) in [6, 6.07) is 2.00. The number of ether oxygens (including phenoxy) is 1. The van der Waals surface area contributed by atoms with Crippen molar-refractivity contribution in [2.24, 2.45) is 0 Å². The van der Waals surface area contributed by atoms with Gasteiger partial charge in [0.05, 0.1) is 12.7 Å². The summed E-state index contributed by atoms with van der Waals surface area (Å²) in [6.07, 6.45) is 5.74. The molecule has 0 amide bonds. The molecule has 0 spiro atoms. The highest BCUT2D eigenvalue weighted by Gasteiger charge is 2.37. The van der Waals surface area contributed by atoms with Crippen LogP contribution in [-0.2, 0) is 4.74 Å². The number of rotatable bonds is 5. The lowest BCUT2D eigenvalue weighted by Crippen LogP contribution is -2.53. The zero-order chi connectivity index (χ0) is 12.3. The molecule has 1 heterocycles. The molecule has 4 atom stereocenters. The Labute approximate surface area is 106 Å². The van der Waals surface area contributed by atoms with Crippen LogP contribution in [0.15, 0.2) is 0 Å². The van der Waals surface area contributed by atoms with E-state index in [4.69, 9.17) is 4.74 Å². The van der Waals surface area contributed by atoms with Crippen molar-refractivity contribution in [3.05, 3.63) is 0 Å². The fourth-order valence-corrected chi connectivity index (χ4v) is 3.58. The monoisotopic (exact) mass is 240 g/mol. The van der Waals surface area contributed by atoms with Crippen molar-refractivity contribution in [2.45, 2.75) is 70.7 Å². The first-order valence-corrected chi connectivity index (χ1v) is 7.33. The molecule has 2 rings (SSSR count). The normalized spacial score (nSPS) is 33.4. The summed E-state index contributed by atoms with van der Waals surface area (Å²) >= 11 is 0.